The van der Waals surface area contributed by atoms with Crippen LogP contribution in [0.25, 0.3) is 0 Å². The van der Waals surface area contributed by atoms with Crippen LogP contribution in [0.2, 0.25) is 0 Å². The molecule has 0 spiro atoms. The maximum atomic E-state index is 13.9. The normalized spacial score (nSPS) is 11.8. The maximum absolute atomic E-state index is 13.9. The van der Waals surface area contributed by atoms with Gasteiger partial charge in [-0.15, -0.1) is 0 Å². The van der Waals surface area contributed by atoms with Gasteiger partial charge in [0.25, 0.3) is 10.0 Å². The van der Waals surface area contributed by atoms with Crippen LogP contribution >= 0.6 is 0 Å². The van der Waals surface area contributed by atoms with Crippen molar-refractivity contribution in [3.8, 4) is 11.5 Å². The lowest BCUT2D eigenvalue weighted by molar-refractivity contribution is -0.139. The van der Waals surface area contributed by atoms with Crippen LogP contribution in [0.15, 0.2) is 77.7 Å². The molecule has 0 saturated heterocycles. The first kappa shape index (κ1) is 28.5. The molecule has 1 unspecified atom stereocenters. The molecule has 0 bridgehead atoms. The molecule has 1 atom stereocenters. The standard InChI is InChI=1S/C28H33N3O6S/c1-20-10-9-11-22(16-20)18-30(21(2)28(33)29-3)27(32)19-31(23-12-7-6-8-13-23)38(34,35)24-14-15-25(36-4)26(17-24)37-5/h6-17,21H,18-19H2,1-5H3,(H,29,33). The van der Waals surface area contributed by atoms with Crippen molar-refractivity contribution < 1.29 is 27.5 Å². The molecule has 2 amide bonds. The number of carbonyl (C=O) groups excluding carboxylic acids is 2. The summed E-state index contributed by atoms with van der Waals surface area (Å²) in [5.41, 5.74) is 2.13. The number of benzene rings is 3. The summed E-state index contributed by atoms with van der Waals surface area (Å²) in [5, 5.41) is 2.57. The van der Waals surface area contributed by atoms with Crippen LogP contribution in [0.5, 0.6) is 11.5 Å². The smallest absolute Gasteiger partial charge is 0.264 e. The summed E-state index contributed by atoms with van der Waals surface area (Å²) in [6, 6.07) is 19.3. The molecule has 9 nitrogen and oxygen atoms in total. The SMILES string of the molecule is CNC(=O)C(C)N(Cc1cccc(C)c1)C(=O)CN(c1ccccc1)S(=O)(=O)c1ccc(OC)c(OC)c1. The molecule has 0 heterocycles. The number of methoxy groups -OCH3 is 2. The third kappa shape index (κ3) is 6.44. The summed E-state index contributed by atoms with van der Waals surface area (Å²) in [4.78, 5) is 27.6. The Morgan fingerprint density at radius 3 is 2.21 bits per heavy atom. The molecule has 1 N–H and O–H groups in total. The van der Waals surface area contributed by atoms with Crippen molar-refractivity contribution in [3.63, 3.8) is 0 Å². The van der Waals surface area contributed by atoms with Gasteiger partial charge in [0.2, 0.25) is 11.8 Å². The van der Waals surface area contributed by atoms with Gasteiger partial charge in [-0.1, -0.05) is 48.0 Å². The Hall–Kier alpha value is -4.05. The predicted octanol–water partition coefficient (Wildman–Crippen LogP) is 3.37. The van der Waals surface area contributed by atoms with Gasteiger partial charge in [-0.05, 0) is 43.7 Å². The summed E-state index contributed by atoms with van der Waals surface area (Å²) in [7, 11) is 0.139. The van der Waals surface area contributed by atoms with Gasteiger partial charge in [0.1, 0.15) is 12.6 Å². The average molecular weight is 540 g/mol. The molecular formula is C28H33N3O6S. The molecule has 3 aromatic carbocycles. The van der Waals surface area contributed by atoms with Crippen LogP contribution in [0, 0.1) is 6.92 Å². The molecule has 3 rings (SSSR count). The van der Waals surface area contributed by atoms with Gasteiger partial charge < -0.3 is 19.7 Å². The summed E-state index contributed by atoms with van der Waals surface area (Å²) in [6.45, 7) is 3.16. The highest BCUT2D eigenvalue weighted by Gasteiger charge is 2.32. The van der Waals surface area contributed by atoms with E-state index in [0.717, 1.165) is 15.4 Å². The molecule has 0 radical (unpaired) electrons. The van der Waals surface area contributed by atoms with Crippen molar-refractivity contribution in [2.45, 2.75) is 31.3 Å². The first-order valence-electron chi connectivity index (χ1n) is 12.0. The monoisotopic (exact) mass is 539 g/mol. The molecule has 0 fully saturated rings. The number of aryl methyl sites for hydroxylation is 1. The number of hydrogen-bond donors (Lipinski definition) is 1. The Balaban J connectivity index is 2.04. The van der Waals surface area contributed by atoms with E-state index in [1.807, 2.05) is 31.2 Å². The molecule has 38 heavy (non-hydrogen) atoms. The molecule has 202 valence electrons. The van der Waals surface area contributed by atoms with Gasteiger partial charge in [-0.25, -0.2) is 8.42 Å². The summed E-state index contributed by atoms with van der Waals surface area (Å²) >= 11 is 0. The number of nitrogens with zero attached hydrogens (tertiary/aromatic N) is 2. The minimum Gasteiger partial charge on any atom is -0.493 e. The van der Waals surface area contributed by atoms with Gasteiger partial charge in [-0.3, -0.25) is 13.9 Å². The number of anilines is 1. The van der Waals surface area contributed by atoms with Crippen LogP contribution in [0.1, 0.15) is 18.1 Å². The number of para-hydroxylation sites is 1. The zero-order chi connectivity index (χ0) is 27.9. The minimum absolute atomic E-state index is 0.0728. The number of sulfonamides is 1. The topological polar surface area (TPSA) is 105 Å². The predicted molar refractivity (Wildman–Crippen MR) is 146 cm³/mol. The number of carbonyl (C=O) groups is 2. The summed E-state index contributed by atoms with van der Waals surface area (Å²) < 4.78 is 39.4. The van der Waals surface area contributed by atoms with Crippen molar-refractivity contribution in [1.82, 2.24) is 10.2 Å². The van der Waals surface area contributed by atoms with Gasteiger partial charge in [0.15, 0.2) is 11.5 Å². The second kappa shape index (κ2) is 12.5. The van der Waals surface area contributed by atoms with E-state index >= 15 is 0 Å². The molecule has 0 saturated carbocycles. The lowest BCUT2D eigenvalue weighted by Gasteiger charge is -2.32. The van der Waals surface area contributed by atoms with Gasteiger partial charge >= 0.3 is 0 Å². The number of rotatable bonds is 11. The Morgan fingerprint density at radius 1 is 0.921 bits per heavy atom. The van der Waals surface area contributed by atoms with Gasteiger partial charge in [0, 0.05) is 19.7 Å². The summed E-state index contributed by atoms with van der Waals surface area (Å²) in [6.07, 6.45) is 0. The molecule has 0 aliphatic rings. The van der Waals surface area contributed by atoms with E-state index in [2.05, 4.69) is 5.32 Å². The van der Waals surface area contributed by atoms with E-state index in [-0.39, 0.29) is 23.1 Å². The fourth-order valence-electron chi connectivity index (χ4n) is 4.03. The lowest BCUT2D eigenvalue weighted by atomic mass is 10.1. The Labute approximate surface area is 224 Å². The number of ether oxygens (including phenoxy) is 2. The third-order valence-electron chi connectivity index (χ3n) is 6.12. The van der Waals surface area contributed by atoms with E-state index in [0.29, 0.717) is 11.4 Å². The fourth-order valence-corrected chi connectivity index (χ4v) is 5.46. The summed E-state index contributed by atoms with van der Waals surface area (Å²) in [5.74, 6) is -0.282. The molecule has 3 aromatic rings. The zero-order valence-corrected chi connectivity index (χ0v) is 23.0. The van der Waals surface area contributed by atoms with Crippen molar-refractivity contribution in [1.29, 1.82) is 0 Å². The van der Waals surface area contributed by atoms with Crippen molar-refractivity contribution in [3.05, 3.63) is 83.9 Å². The first-order valence-corrected chi connectivity index (χ1v) is 13.4. The van der Waals surface area contributed by atoms with Crippen LogP contribution < -0.4 is 19.1 Å². The Bertz CT molecular complexity index is 1380. The third-order valence-corrected chi connectivity index (χ3v) is 7.88. The van der Waals surface area contributed by atoms with Crippen LogP contribution in [-0.4, -0.2) is 59.0 Å². The largest absolute Gasteiger partial charge is 0.493 e. The lowest BCUT2D eigenvalue weighted by Crippen LogP contribution is -2.50. The Kier molecular flexibility index (Phi) is 9.35. The number of hydrogen-bond acceptors (Lipinski definition) is 6. The highest BCUT2D eigenvalue weighted by atomic mass is 32.2. The van der Waals surface area contributed by atoms with E-state index in [9.17, 15) is 18.0 Å². The van der Waals surface area contributed by atoms with Crippen molar-refractivity contribution in [2.75, 3.05) is 32.1 Å². The first-order chi connectivity index (χ1) is 18.1. The minimum atomic E-state index is -4.22. The zero-order valence-electron chi connectivity index (χ0n) is 22.2. The highest BCUT2D eigenvalue weighted by molar-refractivity contribution is 7.92. The second-order valence-corrected chi connectivity index (χ2v) is 10.5. The quantitative estimate of drug-likeness (QED) is 0.401. The van der Waals surface area contributed by atoms with Gasteiger partial charge in [0.05, 0.1) is 24.8 Å². The molecule has 10 heteroatoms. The second-order valence-electron chi connectivity index (χ2n) is 8.66. The van der Waals surface area contributed by atoms with Crippen LogP contribution in [0.4, 0.5) is 5.69 Å². The van der Waals surface area contributed by atoms with E-state index < -0.39 is 28.5 Å². The molecular weight excluding hydrogens is 506 g/mol. The number of likely N-dealkylation sites (N-methyl/N-ethyl adjacent to an activating group) is 1. The Morgan fingerprint density at radius 2 is 1.61 bits per heavy atom. The van der Waals surface area contributed by atoms with E-state index in [4.69, 9.17) is 9.47 Å². The average Bonchev–Trinajstić information content (AvgIpc) is 2.93. The molecule has 0 aliphatic heterocycles. The number of nitrogens with one attached hydrogen (secondary N) is 1. The van der Waals surface area contributed by atoms with Crippen molar-refractivity contribution >= 4 is 27.5 Å². The van der Waals surface area contributed by atoms with Crippen molar-refractivity contribution in [2.24, 2.45) is 0 Å². The van der Waals surface area contributed by atoms with E-state index in [1.165, 1.54) is 44.4 Å². The fraction of sp³-hybridized carbons (Fsp3) is 0.286. The maximum Gasteiger partial charge on any atom is 0.264 e. The highest BCUT2D eigenvalue weighted by Crippen LogP contribution is 2.32. The van der Waals surface area contributed by atoms with Crippen LogP contribution in [0.3, 0.4) is 0 Å². The van der Waals surface area contributed by atoms with Crippen LogP contribution in [-0.2, 0) is 26.2 Å². The van der Waals surface area contributed by atoms with E-state index in [1.54, 1.807) is 37.3 Å². The van der Waals surface area contributed by atoms with Gasteiger partial charge in [-0.2, -0.15) is 0 Å². The number of amides is 2. The molecule has 0 aliphatic carbocycles. The molecule has 0 aromatic heterocycles.